The van der Waals surface area contributed by atoms with E-state index in [2.05, 4.69) is 31.2 Å². The molecule has 0 heterocycles. The summed E-state index contributed by atoms with van der Waals surface area (Å²) in [6.07, 6.45) is 0. The molecule has 2 heteroatoms. The molecule has 0 radical (unpaired) electrons. The summed E-state index contributed by atoms with van der Waals surface area (Å²) in [5, 5.41) is 0.835. The summed E-state index contributed by atoms with van der Waals surface area (Å²) in [5.74, 6) is 0. The first kappa shape index (κ1) is 10.1. The summed E-state index contributed by atoms with van der Waals surface area (Å²) in [4.78, 5) is 0. The average Bonchev–Trinajstić information content (AvgIpc) is 2.30. The van der Waals surface area contributed by atoms with E-state index in [1.54, 1.807) is 0 Å². The lowest BCUT2D eigenvalue weighted by molar-refractivity contribution is 0.603. The van der Waals surface area contributed by atoms with Crippen molar-refractivity contribution in [2.45, 2.75) is 6.92 Å². The van der Waals surface area contributed by atoms with Gasteiger partial charge in [-0.2, -0.15) is 0 Å². The van der Waals surface area contributed by atoms with E-state index in [9.17, 15) is 4.57 Å². The molecule has 0 N–H and O–H groups in total. The summed E-state index contributed by atoms with van der Waals surface area (Å²) in [6.45, 7) is 2.06. The van der Waals surface area contributed by atoms with Gasteiger partial charge in [0.2, 0.25) is 0 Å². The molecule has 0 bridgehead atoms. The van der Waals surface area contributed by atoms with E-state index >= 15 is 0 Å². The second-order valence-corrected chi connectivity index (χ2v) is 4.14. The molecule has 1 nitrogen and oxygen atoms in total. The van der Waals surface area contributed by atoms with Crippen LogP contribution in [0.5, 0.6) is 0 Å². The highest BCUT2D eigenvalue weighted by Crippen LogP contribution is 2.20. The van der Waals surface area contributed by atoms with Crippen molar-refractivity contribution in [2.75, 3.05) is 0 Å². The van der Waals surface area contributed by atoms with Crippen LogP contribution < -0.4 is 5.30 Å². The molecular weight excluding hydrogens is 203 g/mol. The molecule has 2 aromatic carbocycles. The van der Waals surface area contributed by atoms with Crippen molar-refractivity contribution in [3.63, 3.8) is 0 Å². The number of hydrogen-bond acceptors (Lipinski definition) is 1. The van der Waals surface area contributed by atoms with Gasteiger partial charge in [-0.1, -0.05) is 48.0 Å². The van der Waals surface area contributed by atoms with Crippen LogP contribution in [-0.4, -0.2) is 0 Å². The maximum absolute atomic E-state index is 11.0. The minimum atomic E-state index is 0.0731. The van der Waals surface area contributed by atoms with E-state index in [0.29, 0.717) is 0 Å². The van der Waals surface area contributed by atoms with Crippen LogP contribution in [0.15, 0.2) is 48.5 Å². The van der Waals surface area contributed by atoms with Crippen LogP contribution in [0.1, 0.15) is 5.56 Å². The van der Waals surface area contributed by atoms with Crippen LogP contribution in [0.3, 0.4) is 0 Å². The van der Waals surface area contributed by atoms with Crippen molar-refractivity contribution in [3.05, 3.63) is 54.1 Å². The SMILES string of the molecule is Cc1ccc(-c2ccccc2P=O)cc1. The molecule has 0 spiro atoms. The Balaban J connectivity index is 2.53. The van der Waals surface area contributed by atoms with Gasteiger partial charge in [0.1, 0.15) is 0 Å². The number of rotatable bonds is 2. The van der Waals surface area contributed by atoms with Gasteiger partial charge in [0.05, 0.1) is 5.30 Å². The van der Waals surface area contributed by atoms with Gasteiger partial charge in [0.15, 0.2) is 8.46 Å². The third-order valence-corrected chi connectivity index (χ3v) is 2.95. The molecule has 0 fully saturated rings. The number of benzene rings is 2. The summed E-state index contributed by atoms with van der Waals surface area (Å²) >= 11 is 0. The second-order valence-electron chi connectivity index (χ2n) is 3.47. The molecule has 0 atom stereocenters. The van der Waals surface area contributed by atoms with E-state index in [1.807, 2.05) is 24.3 Å². The van der Waals surface area contributed by atoms with E-state index in [0.717, 1.165) is 16.4 Å². The lowest BCUT2D eigenvalue weighted by Gasteiger charge is -2.04. The fourth-order valence-electron chi connectivity index (χ4n) is 1.53. The lowest BCUT2D eigenvalue weighted by Crippen LogP contribution is -1.96. The Labute approximate surface area is 91.0 Å². The van der Waals surface area contributed by atoms with Crippen LogP contribution >= 0.6 is 8.46 Å². The largest absolute Gasteiger partial charge is 0.269 e. The van der Waals surface area contributed by atoms with Crippen LogP contribution in [0, 0.1) is 6.92 Å². The summed E-state index contributed by atoms with van der Waals surface area (Å²) < 4.78 is 11.0. The van der Waals surface area contributed by atoms with Crippen molar-refractivity contribution in [2.24, 2.45) is 0 Å². The fourth-order valence-corrected chi connectivity index (χ4v) is 1.98. The van der Waals surface area contributed by atoms with Crippen molar-refractivity contribution in [3.8, 4) is 11.1 Å². The third-order valence-electron chi connectivity index (χ3n) is 2.36. The molecule has 0 aromatic heterocycles. The maximum atomic E-state index is 11.0. The molecule has 0 saturated carbocycles. The first-order chi connectivity index (χ1) is 7.31. The minimum Gasteiger partial charge on any atom is -0.269 e. The van der Waals surface area contributed by atoms with Gasteiger partial charge in [0, 0.05) is 0 Å². The zero-order chi connectivity index (χ0) is 10.7. The van der Waals surface area contributed by atoms with Gasteiger partial charge in [-0.05, 0) is 24.1 Å². The van der Waals surface area contributed by atoms with Crippen molar-refractivity contribution in [1.82, 2.24) is 0 Å². The molecule has 0 aliphatic rings. The van der Waals surface area contributed by atoms with Gasteiger partial charge in [-0.25, -0.2) is 0 Å². The molecule has 0 saturated heterocycles. The number of aryl methyl sites for hydroxylation is 1. The van der Waals surface area contributed by atoms with E-state index in [1.165, 1.54) is 5.56 Å². The Morgan fingerprint density at radius 3 is 2.27 bits per heavy atom. The fraction of sp³-hybridized carbons (Fsp3) is 0.0769. The predicted molar refractivity (Wildman–Crippen MR) is 63.9 cm³/mol. The molecule has 0 amide bonds. The average molecular weight is 214 g/mol. The zero-order valence-corrected chi connectivity index (χ0v) is 9.37. The summed E-state index contributed by atoms with van der Waals surface area (Å²) in [6, 6.07) is 16.0. The molecule has 15 heavy (non-hydrogen) atoms. The van der Waals surface area contributed by atoms with Crippen molar-refractivity contribution < 1.29 is 4.57 Å². The van der Waals surface area contributed by atoms with Crippen LogP contribution in [-0.2, 0) is 4.57 Å². The Bertz CT molecular complexity index is 474. The van der Waals surface area contributed by atoms with E-state index in [4.69, 9.17) is 0 Å². The van der Waals surface area contributed by atoms with Gasteiger partial charge in [-0.3, -0.25) is 4.57 Å². The smallest absolute Gasteiger partial charge is 0.192 e. The van der Waals surface area contributed by atoms with E-state index < -0.39 is 0 Å². The molecule has 2 aromatic rings. The second kappa shape index (κ2) is 4.37. The zero-order valence-electron chi connectivity index (χ0n) is 8.47. The molecule has 74 valence electrons. The lowest BCUT2D eigenvalue weighted by atomic mass is 10.0. The molecule has 0 unspecified atom stereocenters. The van der Waals surface area contributed by atoms with Crippen LogP contribution in [0.2, 0.25) is 0 Å². The first-order valence-corrected chi connectivity index (χ1v) is 5.62. The van der Waals surface area contributed by atoms with Crippen molar-refractivity contribution >= 4 is 13.8 Å². The monoisotopic (exact) mass is 214 g/mol. The minimum absolute atomic E-state index is 0.0731. The highest BCUT2D eigenvalue weighted by atomic mass is 31.1. The standard InChI is InChI=1S/C13H11OP/c1-10-6-8-11(9-7-10)12-4-2-3-5-13(12)15-14/h2-9H,1H3. The quantitative estimate of drug-likeness (QED) is 0.698. The summed E-state index contributed by atoms with van der Waals surface area (Å²) in [7, 11) is 0.0731. The molecule has 0 aliphatic carbocycles. The van der Waals surface area contributed by atoms with Gasteiger partial charge < -0.3 is 0 Å². The maximum Gasteiger partial charge on any atom is 0.192 e. The predicted octanol–water partition coefficient (Wildman–Crippen LogP) is 3.58. The summed E-state index contributed by atoms with van der Waals surface area (Å²) in [5.41, 5.74) is 3.38. The highest BCUT2D eigenvalue weighted by Gasteiger charge is 2.03. The van der Waals surface area contributed by atoms with Gasteiger partial charge in [0.25, 0.3) is 0 Å². The number of hydrogen-bond donors (Lipinski definition) is 0. The Morgan fingerprint density at radius 2 is 1.60 bits per heavy atom. The van der Waals surface area contributed by atoms with E-state index in [-0.39, 0.29) is 8.46 Å². The van der Waals surface area contributed by atoms with Crippen LogP contribution in [0.4, 0.5) is 0 Å². The van der Waals surface area contributed by atoms with Gasteiger partial charge >= 0.3 is 0 Å². The van der Waals surface area contributed by atoms with Crippen molar-refractivity contribution in [1.29, 1.82) is 0 Å². The first-order valence-electron chi connectivity index (χ1n) is 4.80. The molecule has 0 aliphatic heterocycles. The third kappa shape index (κ3) is 2.14. The Kier molecular flexibility index (Phi) is 2.94. The van der Waals surface area contributed by atoms with Gasteiger partial charge in [-0.15, -0.1) is 0 Å². The highest BCUT2D eigenvalue weighted by molar-refractivity contribution is 7.34. The molecular formula is C13H11OP. The Hall–Kier alpha value is -1.46. The topological polar surface area (TPSA) is 17.1 Å². The van der Waals surface area contributed by atoms with Crippen LogP contribution in [0.25, 0.3) is 11.1 Å². The Morgan fingerprint density at radius 1 is 0.933 bits per heavy atom. The molecule has 2 rings (SSSR count). The normalized spacial score (nSPS) is 10.5.